The zero-order valence-corrected chi connectivity index (χ0v) is 21.3. The maximum absolute atomic E-state index is 13.3. The van der Waals surface area contributed by atoms with Crippen LogP contribution in [0.2, 0.25) is 0 Å². The minimum Gasteiger partial charge on any atom is -0.372 e. The molecule has 0 radical (unpaired) electrons. The number of anilines is 1. The molecule has 0 N–H and O–H groups in total. The van der Waals surface area contributed by atoms with Gasteiger partial charge in [0, 0.05) is 46.6 Å². The van der Waals surface area contributed by atoms with Gasteiger partial charge in [-0.2, -0.15) is 0 Å². The van der Waals surface area contributed by atoms with Crippen molar-refractivity contribution >= 4 is 27.4 Å². The molecule has 0 amide bonds. The highest BCUT2D eigenvalue weighted by atomic mass is 79.9. The number of rotatable bonds is 6. The van der Waals surface area contributed by atoms with E-state index in [9.17, 15) is 4.79 Å². The third-order valence-corrected chi connectivity index (χ3v) is 7.45. The van der Waals surface area contributed by atoms with E-state index < -0.39 is 0 Å². The number of benzene rings is 3. The summed E-state index contributed by atoms with van der Waals surface area (Å²) in [7, 11) is 0. The van der Waals surface area contributed by atoms with Crippen molar-refractivity contribution in [3.8, 4) is 16.9 Å². The molecule has 3 nitrogen and oxygen atoms in total. The second-order valence-electron chi connectivity index (χ2n) is 8.86. The van der Waals surface area contributed by atoms with E-state index in [4.69, 9.17) is 0 Å². The number of nitrogens with zero attached hydrogens (tertiary/aromatic N) is 2. The number of Topliss-reactive ketones (excluding diaryl/α,β-unsaturated/α-hetero) is 1. The van der Waals surface area contributed by atoms with Crippen molar-refractivity contribution in [1.82, 2.24) is 4.57 Å². The van der Waals surface area contributed by atoms with Crippen molar-refractivity contribution in [2.24, 2.45) is 0 Å². The average molecular weight is 513 g/mol. The minimum atomic E-state index is 0.197. The third kappa shape index (κ3) is 4.23. The normalized spacial score (nSPS) is 15.3. The molecule has 1 aliphatic carbocycles. The molecule has 34 heavy (non-hydrogen) atoms. The molecule has 0 spiro atoms. The average Bonchev–Trinajstić information content (AvgIpc) is 3.26. The van der Waals surface area contributed by atoms with E-state index in [2.05, 4.69) is 118 Å². The largest absolute Gasteiger partial charge is 0.372 e. The van der Waals surface area contributed by atoms with Crippen LogP contribution in [0.15, 0.2) is 89.4 Å². The van der Waals surface area contributed by atoms with Crippen LogP contribution in [0.1, 0.15) is 47.8 Å². The Morgan fingerprint density at radius 1 is 0.882 bits per heavy atom. The van der Waals surface area contributed by atoms with Crippen molar-refractivity contribution in [3.63, 3.8) is 0 Å². The van der Waals surface area contributed by atoms with Crippen LogP contribution in [-0.2, 0) is 6.42 Å². The van der Waals surface area contributed by atoms with E-state index in [-0.39, 0.29) is 11.7 Å². The molecule has 1 unspecified atom stereocenters. The second kappa shape index (κ2) is 9.63. The topological polar surface area (TPSA) is 25.2 Å². The van der Waals surface area contributed by atoms with Crippen LogP contribution in [0.3, 0.4) is 0 Å². The number of hydrogen-bond acceptors (Lipinski definition) is 2. The molecular weight excluding hydrogens is 484 g/mol. The van der Waals surface area contributed by atoms with Gasteiger partial charge in [-0.15, -0.1) is 0 Å². The van der Waals surface area contributed by atoms with Gasteiger partial charge in [-0.05, 0) is 79.8 Å². The molecular formula is C30H29BrN2O. The highest BCUT2D eigenvalue weighted by Crippen LogP contribution is 2.39. The van der Waals surface area contributed by atoms with Crippen LogP contribution in [0.25, 0.3) is 16.9 Å². The Bertz CT molecular complexity index is 1290. The monoisotopic (exact) mass is 512 g/mol. The van der Waals surface area contributed by atoms with Gasteiger partial charge in [0.15, 0.2) is 5.78 Å². The SMILES string of the molecule is CCN(CC)c1ccc(-n2c(-c3ccc(Br)cc3)cc3c2CC(c2ccccc2)CC3=O)cc1. The van der Waals surface area contributed by atoms with Gasteiger partial charge in [0.2, 0.25) is 0 Å². The van der Waals surface area contributed by atoms with Gasteiger partial charge in [-0.3, -0.25) is 4.79 Å². The first-order chi connectivity index (χ1) is 16.6. The lowest BCUT2D eigenvalue weighted by Crippen LogP contribution is -2.22. The molecule has 3 aromatic carbocycles. The van der Waals surface area contributed by atoms with Crippen LogP contribution >= 0.6 is 15.9 Å². The van der Waals surface area contributed by atoms with Gasteiger partial charge in [0.1, 0.15) is 0 Å². The molecule has 1 aromatic heterocycles. The molecule has 0 bridgehead atoms. The van der Waals surface area contributed by atoms with Crippen LogP contribution in [-0.4, -0.2) is 23.4 Å². The Balaban J connectivity index is 1.65. The van der Waals surface area contributed by atoms with Crippen LogP contribution < -0.4 is 4.90 Å². The Morgan fingerprint density at radius 3 is 2.21 bits per heavy atom. The smallest absolute Gasteiger partial charge is 0.165 e. The Hall–Kier alpha value is -3.11. The lowest BCUT2D eigenvalue weighted by molar-refractivity contribution is 0.0963. The second-order valence-corrected chi connectivity index (χ2v) is 9.78. The molecule has 0 saturated heterocycles. The van der Waals surface area contributed by atoms with Gasteiger partial charge in [-0.25, -0.2) is 0 Å². The first-order valence-corrected chi connectivity index (χ1v) is 12.8. The fraction of sp³-hybridized carbons (Fsp3) is 0.233. The van der Waals surface area contributed by atoms with Crippen LogP contribution in [0.4, 0.5) is 5.69 Å². The van der Waals surface area contributed by atoms with Crippen molar-refractivity contribution in [1.29, 1.82) is 0 Å². The zero-order chi connectivity index (χ0) is 23.7. The number of ketones is 1. The van der Waals surface area contributed by atoms with Crippen molar-refractivity contribution in [2.45, 2.75) is 32.6 Å². The van der Waals surface area contributed by atoms with E-state index in [1.165, 1.54) is 11.3 Å². The predicted octanol–water partition coefficient (Wildman–Crippen LogP) is 7.67. The maximum Gasteiger partial charge on any atom is 0.165 e. The molecule has 1 atom stereocenters. The van der Waals surface area contributed by atoms with Crippen molar-refractivity contribution in [3.05, 3.63) is 106 Å². The number of carbonyl (C=O) groups excluding carboxylic acids is 1. The summed E-state index contributed by atoms with van der Waals surface area (Å²) in [6.07, 6.45) is 1.40. The molecule has 0 saturated carbocycles. The number of hydrogen-bond donors (Lipinski definition) is 0. The highest BCUT2D eigenvalue weighted by Gasteiger charge is 2.31. The lowest BCUT2D eigenvalue weighted by Gasteiger charge is -2.25. The number of carbonyl (C=O) groups is 1. The van der Waals surface area contributed by atoms with Gasteiger partial charge in [0.25, 0.3) is 0 Å². The minimum absolute atomic E-state index is 0.197. The molecule has 5 rings (SSSR count). The summed E-state index contributed by atoms with van der Waals surface area (Å²) in [6.45, 7) is 6.32. The van der Waals surface area contributed by atoms with E-state index in [1.807, 2.05) is 6.07 Å². The molecule has 172 valence electrons. The number of halogens is 1. The van der Waals surface area contributed by atoms with Gasteiger partial charge >= 0.3 is 0 Å². The Morgan fingerprint density at radius 2 is 1.56 bits per heavy atom. The van der Waals surface area contributed by atoms with E-state index >= 15 is 0 Å². The molecule has 0 aliphatic heterocycles. The summed E-state index contributed by atoms with van der Waals surface area (Å²) in [5, 5.41) is 0. The highest BCUT2D eigenvalue weighted by molar-refractivity contribution is 9.10. The van der Waals surface area contributed by atoms with E-state index in [0.29, 0.717) is 6.42 Å². The van der Waals surface area contributed by atoms with Crippen LogP contribution in [0.5, 0.6) is 0 Å². The molecule has 1 heterocycles. The summed E-state index contributed by atoms with van der Waals surface area (Å²) >= 11 is 3.55. The van der Waals surface area contributed by atoms with Gasteiger partial charge in [0.05, 0.1) is 5.69 Å². The summed E-state index contributed by atoms with van der Waals surface area (Å²) in [6, 6.07) is 29.7. The van der Waals surface area contributed by atoms with Crippen molar-refractivity contribution < 1.29 is 4.79 Å². The Kier molecular flexibility index (Phi) is 6.42. The van der Waals surface area contributed by atoms with E-state index in [0.717, 1.165) is 52.2 Å². The maximum atomic E-state index is 13.3. The third-order valence-electron chi connectivity index (χ3n) is 6.92. The zero-order valence-electron chi connectivity index (χ0n) is 19.7. The van der Waals surface area contributed by atoms with Gasteiger partial charge < -0.3 is 9.47 Å². The summed E-state index contributed by atoms with van der Waals surface area (Å²) < 4.78 is 3.35. The molecule has 1 aliphatic rings. The first-order valence-electron chi connectivity index (χ1n) is 12.0. The summed E-state index contributed by atoms with van der Waals surface area (Å²) in [5.41, 5.74) is 7.69. The fourth-order valence-electron chi connectivity index (χ4n) is 5.12. The summed E-state index contributed by atoms with van der Waals surface area (Å²) in [4.78, 5) is 15.7. The van der Waals surface area contributed by atoms with E-state index in [1.54, 1.807) is 0 Å². The lowest BCUT2D eigenvalue weighted by atomic mass is 9.82. The summed E-state index contributed by atoms with van der Waals surface area (Å²) in [5.74, 6) is 0.426. The number of aromatic nitrogens is 1. The van der Waals surface area contributed by atoms with Gasteiger partial charge in [-0.1, -0.05) is 58.4 Å². The Labute approximate surface area is 210 Å². The standard InChI is InChI=1S/C30H29BrN2O/c1-3-32(4-2)25-14-16-26(17-15-25)33-28(22-10-12-24(31)13-11-22)20-27-29(33)18-23(19-30(27)34)21-8-6-5-7-9-21/h5-17,20,23H,3-4,18-19H2,1-2H3. The molecule has 4 aromatic rings. The van der Waals surface area contributed by atoms with Crippen LogP contribution in [0, 0.1) is 0 Å². The quantitative estimate of drug-likeness (QED) is 0.264. The first kappa shape index (κ1) is 22.7. The fourth-order valence-corrected chi connectivity index (χ4v) is 5.39. The predicted molar refractivity (Wildman–Crippen MR) is 144 cm³/mol. The molecule has 0 fully saturated rings. The van der Waals surface area contributed by atoms with Crippen molar-refractivity contribution in [2.75, 3.05) is 18.0 Å². The number of fused-ring (bicyclic) bond motifs is 1. The molecule has 4 heteroatoms.